The third-order valence-electron chi connectivity index (χ3n) is 6.38. The van der Waals surface area contributed by atoms with Crippen molar-refractivity contribution in [1.82, 2.24) is 14.8 Å². The molecule has 0 amide bonds. The van der Waals surface area contributed by atoms with Crippen molar-refractivity contribution in [2.75, 3.05) is 30.5 Å². The van der Waals surface area contributed by atoms with E-state index in [1.165, 1.54) is 12.6 Å². The summed E-state index contributed by atoms with van der Waals surface area (Å²) in [5, 5.41) is 14.2. The molecule has 0 spiro atoms. The Bertz CT molecular complexity index is 1120. The highest BCUT2D eigenvalue weighted by Gasteiger charge is 2.48. The molecule has 4 N–H and O–H groups in total. The van der Waals surface area contributed by atoms with Crippen LogP contribution in [-0.4, -0.2) is 78.5 Å². The van der Waals surface area contributed by atoms with Gasteiger partial charge in [0.15, 0.2) is 29.6 Å². The molecule has 1 aliphatic carbocycles. The van der Waals surface area contributed by atoms with E-state index in [0.29, 0.717) is 17.7 Å². The second-order valence-corrected chi connectivity index (χ2v) is 13.2. The molecular weight excluding hydrogens is 531 g/mol. The molecule has 1 saturated carbocycles. The fourth-order valence-electron chi connectivity index (χ4n) is 4.90. The van der Waals surface area contributed by atoms with Crippen LogP contribution in [-0.2, 0) is 18.4 Å². The Morgan fingerprint density at radius 3 is 2.54 bits per heavy atom. The number of hydrogen-bond acceptors (Lipinski definition) is 9. The lowest BCUT2D eigenvalue weighted by atomic mass is 10.0. The smallest absolute Gasteiger partial charge is 0.340 e. The number of aromatic nitrogens is 3. The molecule has 3 unspecified atom stereocenters. The van der Waals surface area contributed by atoms with Gasteiger partial charge in [0, 0.05) is 19.3 Å². The molecule has 4 rings (SSSR count). The van der Waals surface area contributed by atoms with E-state index in [9.17, 15) is 19.1 Å². The molecule has 13 nitrogen and oxygen atoms in total. The van der Waals surface area contributed by atoms with Crippen LogP contribution in [0.1, 0.15) is 25.5 Å². The zero-order valence-corrected chi connectivity index (χ0v) is 21.1. The third-order valence-corrected chi connectivity index (χ3v) is 10.00. The maximum Gasteiger partial charge on any atom is 0.340 e. The summed E-state index contributed by atoms with van der Waals surface area (Å²) in [6.07, 6.45) is -2.24. The number of hydrogen-bond donors (Lipinski definition) is 4. The van der Waals surface area contributed by atoms with Gasteiger partial charge >= 0.3 is 15.2 Å². The molecule has 0 aromatic carbocycles. The van der Waals surface area contributed by atoms with Crippen LogP contribution in [0.5, 0.6) is 0 Å². The first kappa shape index (κ1) is 26.8. The van der Waals surface area contributed by atoms with E-state index >= 15 is 4.39 Å². The van der Waals surface area contributed by atoms with Crippen molar-refractivity contribution in [3.63, 3.8) is 0 Å². The van der Waals surface area contributed by atoms with Crippen LogP contribution in [0.25, 0.3) is 0 Å². The average molecular weight is 558 g/mol. The summed E-state index contributed by atoms with van der Waals surface area (Å²) in [5.74, 6) is -0.0385. The number of nitrogens with zero attached hydrogens (tertiary/aromatic N) is 5. The van der Waals surface area contributed by atoms with Gasteiger partial charge in [-0.05, 0) is 36.3 Å². The van der Waals surface area contributed by atoms with Crippen LogP contribution in [0.4, 0.5) is 10.2 Å². The van der Waals surface area contributed by atoms with Gasteiger partial charge < -0.3 is 33.9 Å². The van der Waals surface area contributed by atoms with Crippen LogP contribution in [0.2, 0.25) is 5.28 Å². The first-order chi connectivity index (χ1) is 16.4. The minimum absolute atomic E-state index is 0.111. The molecule has 3 fully saturated rings. The normalized spacial score (nSPS) is 33.2. The molecule has 1 aromatic rings. The maximum atomic E-state index is 15.2. The minimum atomic E-state index is -4.86. The van der Waals surface area contributed by atoms with Crippen molar-refractivity contribution < 1.29 is 42.6 Å². The van der Waals surface area contributed by atoms with Crippen molar-refractivity contribution >= 4 is 32.6 Å². The van der Waals surface area contributed by atoms with Crippen LogP contribution in [0, 0.1) is 11.8 Å². The number of ether oxygens (including phenoxy) is 1. The van der Waals surface area contributed by atoms with Gasteiger partial charge in [0.05, 0.1) is 6.61 Å². The summed E-state index contributed by atoms with van der Waals surface area (Å²) in [4.78, 5) is 38.0. The van der Waals surface area contributed by atoms with Gasteiger partial charge in [-0.15, -0.1) is 5.10 Å². The van der Waals surface area contributed by atoms with Crippen molar-refractivity contribution in [2.45, 2.75) is 43.9 Å². The summed E-state index contributed by atoms with van der Waals surface area (Å²) in [6.45, 7) is 4.25. The zero-order valence-electron chi connectivity index (χ0n) is 18.5. The molecule has 1 aromatic heterocycles. The number of anilines is 1. The Morgan fingerprint density at radius 2 is 1.94 bits per heavy atom. The third kappa shape index (κ3) is 6.03. The number of fused-ring (bicyclic) bond motifs is 1. The van der Waals surface area contributed by atoms with E-state index in [1.807, 2.05) is 4.90 Å². The van der Waals surface area contributed by atoms with Crippen LogP contribution < -0.4 is 10.4 Å². The highest BCUT2D eigenvalue weighted by atomic mass is 35.5. The largest absolute Gasteiger partial charge is 0.387 e. The van der Waals surface area contributed by atoms with E-state index < -0.39 is 52.3 Å². The highest BCUT2D eigenvalue weighted by molar-refractivity contribution is 7.70. The first-order valence-corrected chi connectivity index (χ1v) is 14.9. The standard InChI is InChI=1S/C18H27ClFN5O8P2/c1-2-21-15-16(24-6-10-4-3-5-11(10)7-24)22-18(19)23-25(15)17-13(20)14(26)12(33-17)8-32-35(30,31)9-34(27,28)29/h2,10-14,17,26H,1,3-9H2,(H,30,31)(H2,27,28,29)/b21-15-/t10?,11?,12-,13+,14-,17-/m1/s1. The summed E-state index contributed by atoms with van der Waals surface area (Å²) >= 11 is 6.16. The second-order valence-electron chi connectivity index (χ2n) is 8.88. The molecule has 0 radical (unpaired) electrons. The van der Waals surface area contributed by atoms with Crippen LogP contribution >= 0.6 is 26.8 Å². The second kappa shape index (κ2) is 10.3. The van der Waals surface area contributed by atoms with E-state index in [2.05, 4.69) is 21.7 Å². The fourth-order valence-corrected chi connectivity index (χ4v) is 7.63. The molecule has 7 atom stereocenters. The summed E-state index contributed by atoms with van der Waals surface area (Å²) in [5.41, 5.74) is 0.111. The Balaban J connectivity index is 1.59. The topological polar surface area (TPSA) is 180 Å². The van der Waals surface area contributed by atoms with Gasteiger partial charge in [-0.2, -0.15) is 4.98 Å². The predicted octanol–water partition coefficient (Wildman–Crippen LogP) is 1.15. The van der Waals surface area contributed by atoms with E-state index in [-0.39, 0.29) is 10.8 Å². The lowest BCUT2D eigenvalue weighted by Crippen LogP contribution is -2.39. The first-order valence-electron chi connectivity index (χ1n) is 10.9. The molecule has 196 valence electrons. The number of alkyl halides is 1. The number of rotatable bonds is 8. The van der Waals surface area contributed by atoms with E-state index in [4.69, 9.17) is 30.6 Å². The van der Waals surface area contributed by atoms with Crippen LogP contribution in [0.3, 0.4) is 0 Å². The van der Waals surface area contributed by atoms with Gasteiger partial charge in [-0.1, -0.05) is 13.0 Å². The SMILES string of the molecule is C=C/N=c1/c(N2CC3CCCC3C2)nc(Cl)nn1[C@@H]1O[C@H](COP(=O)(O)CP(=O)(O)O)[C@@H](O)[C@@H]1F. The van der Waals surface area contributed by atoms with Gasteiger partial charge in [0.2, 0.25) is 5.28 Å². The summed E-state index contributed by atoms with van der Waals surface area (Å²) in [6, 6.07) is 0. The summed E-state index contributed by atoms with van der Waals surface area (Å²) < 4.78 is 49.4. The molecular formula is C18H27ClFN5O8P2. The van der Waals surface area contributed by atoms with E-state index in [0.717, 1.165) is 30.6 Å². The van der Waals surface area contributed by atoms with Crippen molar-refractivity contribution in [3.05, 3.63) is 23.6 Å². The minimum Gasteiger partial charge on any atom is -0.387 e. The van der Waals surface area contributed by atoms with Gasteiger partial charge in [0.1, 0.15) is 12.2 Å². The Morgan fingerprint density at radius 1 is 1.29 bits per heavy atom. The van der Waals surface area contributed by atoms with Crippen LogP contribution in [0.15, 0.2) is 17.8 Å². The Hall–Kier alpha value is -1.21. The quantitative estimate of drug-likeness (QED) is 0.337. The lowest BCUT2D eigenvalue weighted by Gasteiger charge is -2.23. The average Bonchev–Trinajstić information content (AvgIpc) is 3.41. The van der Waals surface area contributed by atoms with Crippen molar-refractivity contribution in [1.29, 1.82) is 0 Å². The number of aliphatic hydroxyl groups excluding tert-OH is 1. The monoisotopic (exact) mass is 557 g/mol. The maximum absolute atomic E-state index is 15.2. The molecule has 3 aliphatic rings. The highest BCUT2D eigenvalue weighted by Crippen LogP contribution is 2.55. The van der Waals surface area contributed by atoms with E-state index in [1.54, 1.807) is 0 Å². The summed E-state index contributed by atoms with van der Waals surface area (Å²) in [7, 11) is -9.59. The zero-order chi connectivity index (χ0) is 25.5. The molecule has 2 aliphatic heterocycles. The number of halogens is 2. The lowest BCUT2D eigenvalue weighted by molar-refractivity contribution is -0.0514. The molecule has 35 heavy (non-hydrogen) atoms. The molecule has 17 heteroatoms. The predicted molar refractivity (Wildman–Crippen MR) is 121 cm³/mol. The van der Waals surface area contributed by atoms with Gasteiger partial charge in [0.25, 0.3) is 0 Å². The van der Waals surface area contributed by atoms with Crippen molar-refractivity contribution in [3.8, 4) is 0 Å². The van der Waals surface area contributed by atoms with Crippen molar-refractivity contribution in [2.24, 2.45) is 16.8 Å². The molecule has 3 heterocycles. The Kier molecular flexibility index (Phi) is 7.88. The number of aliphatic hydroxyl groups is 1. The molecule has 0 bridgehead atoms. The van der Waals surface area contributed by atoms with Gasteiger partial charge in [-0.25, -0.2) is 14.1 Å². The fraction of sp³-hybridized carbons (Fsp3) is 0.722. The molecule has 2 saturated heterocycles. The Labute approximate surface area is 204 Å². The van der Waals surface area contributed by atoms with Gasteiger partial charge in [-0.3, -0.25) is 9.13 Å².